The molecule has 5 heteroatoms. The lowest BCUT2D eigenvalue weighted by molar-refractivity contribution is 0.587. The smallest absolute Gasteiger partial charge is 0.248 e. The third kappa shape index (κ3) is 4.03. The first kappa shape index (κ1) is 20.6. The maximum absolute atomic E-state index is 13.2. The Bertz CT molecular complexity index is 1350. The van der Waals surface area contributed by atoms with E-state index in [0.29, 0.717) is 5.56 Å². The van der Waals surface area contributed by atoms with Crippen LogP contribution < -0.4 is 0 Å². The van der Waals surface area contributed by atoms with E-state index >= 15 is 0 Å². The fourth-order valence-corrected chi connectivity index (χ4v) is 5.03. The highest BCUT2D eigenvalue weighted by Gasteiger charge is 2.24. The van der Waals surface area contributed by atoms with Crippen LogP contribution in [-0.4, -0.2) is 12.4 Å². The molecule has 31 heavy (non-hydrogen) atoms. The van der Waals surface area contributed by atoms with Crippen molar-refractivity contribution in [3.63, 3.8) is 0 Å². The van der Waals surface area contributed by atoms with E-state index in [1.807, 2.05) is 56.3 Å². The number of nitrogens with zero attached hydrogens (tertiary/aromatic N) is 2. The SMILES string of the molecule is Cc1ccc(S(=O)(=O)n2cc(C)c([C@@H](c3ccccc3)c3ccc(C#N)cc3)c2)cc1. The summed E-state index contributed by atoms with van der Waals surface area (Å²) in [5.41, 5.74) is 5.44. The zero-order valence-corrected chi connectivity index (χ0v) is 18.2. The zero-order valence-electron chi connectivity index (χ0n) is 17.4. The van der Waals surface area contributed by atoms with Gasteiger partial charge in [-0.2, -0.15) is 5.26 Å². The number of benzene rings is 3. The monoisotopic (exact) mass is 426 g/mol. The van der Waals surface area contributed by atoms with Crippen LogP contribution in [0.2, 0.25) is 0 Å². The lowest BCUT2D eigenvalue weighted by Gasteiger charge is -2.18. The van der Waals surface area contributed by atoms with Crippen LogP contribution in [-0.2, 0) is 10.0 Å². The second-order valence-electron chi connectivity index (χ2n) is 7.62. The quantitative estimate of drug-likeness (QED) is 0.430. The summed E-state index contributed by atoms with van der Waals surface area (Å²) < 4.78 is 27.7. The van der Waals surface area contributed by atoms with Crippen molar-refractivity contribution >= 4 is 10.0 Å². The van der Waals surface area contributed by atoms with Crippen LogP contribution in [0.1, 0.15) is 39.3 Å². The van der Waals surface area contributed by atoms with Crippen LogP contribution in [0.5, 0.6) is 0 Å². The number of hydrogen-bond acceptors (Lipinski definition) is 3. The van der Waals surface area contributed by atoms with Gasteiger partial charge in [-0.1, -0.05) is 60.2 Å². The third-order valence-corrected chi connectivity index (χ3v) is 7.09. The summed E-state index contributed by atoms with van der Waals surface area (Å²) in [6.07, 6.45) is 3.38. The molecule has 0 N–H and O–H groups in total. The summed E-state index contributed by atoms with van der Waals surface area (Å²) in [5, 5.41) is 9.14. The van der Waals surface area contributed by atoms with E-state index in [1.165, 1.54) is 3.97 Å². The molecule has 0 spiro atoms. The number of aryl methyl sites for hydroxylation is 2. The van der Waals surface area contributed by atoms with E-state index in [9.17, 15) is 8.42 Å². The molecular formula is C26H22N2O2S. The second-order valence-corrected chi connectivity index (χ2v) is 9.47. The Morgan fingerprint density at radius 3 is 2.03 bits per heavy atom. The highest BCUT2D eigenvalue weighted by Crippen LogP contribution is 2.35. The normalized spacial score (nSPS) is 12.3. The van der Waals surface area contributed by atoms with Crippen LogP contribution in [0.4, 0.5) is 0 Å². The highest BCUT2D eigenvalue weighted by molar-refractivity contribution is 7.90. The molecule has 0 bridgehead atoms. The molecular weight excluding hydrogens is 404 g/mol. The van der Waals surface area contributed by atoms with E-state index in [2.05, 4.69) is 6.07 Å². The Kier molecular flexibility index (Phi) is 5.50. The summed E-state index contributed by atoms with van der Waals surface area (Å²) in [6.45, 7) is 3.85. The van der Waals surface area contributed by atoms with Crippen LogP contribution in [0.15, 0.2) is 96.2 Å². The van der Waals surface area contributed by atoms with Gasteiger partial charge in [0.15, 0.2) is 0 Å². The topological polar surface area (TPSA) is 62.9 Å². The van der Waals surface area contributed by atoms with E-state index in [0.717, 1.165) is 27.8 Å². The Morgan fingerprint density at radius 2 is 1.42 bits per heavy atom. The molecule has 0 aliphatic heterocycles. The van der Waals surface area contributed by atoms with Crippen LogP contribution in [0, 0.1) is 25.2 Å². The van der Waals surface area contributed by atoms with Gasteiger partial charge in [-0.15, -0.1) is 0 Å². The minimum atomic E-state index is -3.69. The van der Waals surface area contributed by atoms with Gasteiger partial charge in [0.2, 0.25) is 0 Å². The standard InChI is InChI=1S/C26H22N2O2S/c1-19-8-14-24(15-9-19)31(29,30)28-17-20(2)25(18-28)26(22-6-4-3-5-7-22)23-12-10-21(16-27)11-13-23/h3-15,17-18,26H,1-2H3/t26-/m0/s1. The Hall–Kier alpha value is -3.62. The lowest BCUT2D eigenvalue weighted by atomic mass is 9.85. The van der Waals surface area contributed by atoms with Crippen molar-refractivity contribution in [3.8, 4) is 6.07 Å². The Morgan fingerprint density at radius 1 is 0.806 bits per heavy atom. The summed E-state index contributed by atoms with van der Waals surface area (Å²) in [6, 6.07) is 26.4. The first-order valence-electron chi connectivity index (χ1n) is 9.96. The maximum atomic E-state index is 13.2. The van der Waals surface area contributed by atoms with Gasteiger partial charge in [-0.25, -0.2) is 12.4 Å². The molecule has 4 aromatic rings. The molecule has 0 radical (unpaired) electrons. The molecule has 4 nitrogen and oxygen atoms in total. The van der Waals surface area contributed by atoms with E-state index < -0.39 is 10.0 Å². The van der Waals surface area contributed by atoms with Gasteiger partial charge in [0.05, 0.1) is 16.5 Å². The van der Waals surface area contributed by atoms with Gasteiger partial charge in [0.25, 0.3) is 10.0 Å². The fraction of sp³-hybridized carbons (Fsp3) is 0.115. The minimum absolute atomic E-state index is 0.150. The Balaban J connectivity index is 1.84. The molecule has 1 atom stereocenters. The largest absolute Gasteiger partial charge is 0.267 e. The third-order valence-electron chi connectivity index (χ3n) is 5.46. The van der Waals surface area contributed by atoms with Gasteiger partial charge in [0, 0.05) is 18.3 Å². The first-order valence-corrected chi connectivity index (χ1v) is 11.4. The number of hydrogen-bond donors (Lipinski definition) is 0. The molecule has 1 heterocycles. The van der Waals surface area contributed by atoms with Crippen molar-refractivity contribution in [2.75, 3.05) is 0 Å². The molecule has 4 rings (SSSR count). The van der Waals surface area contributed by atoms with Crippen LogP contribution >= 0.6 is 0 Å². The average molecular weight is 427 g/mol. The molecule has 1 aromatic heterocycles. The number of aromatic nitrogens is 1. The molecule has 0 amide bonds. The van der Waals surface area contributed by atoms with Crippen LogP contribution in [0.25, 0.3) is 0 Å². The summed E-state index contributed by atoms with van der Waals surface area (Å²) >= 11 is 0. The van der Waals surface area contributed by atoms with Gasteiger partial charge < -0.3 is 0 Å². The highest BCUT2D eigenvalue weighted by atomic mass is 32.2. The fourth-order valence-electron chi connectivity index (χ4n) is 3.76. The van der Waals surface area contributed by atoms with Crippen molar-refractivity contribution in [2.45, 2.75) is 24.7 Å². The van der Waals surface area contributed by atoms with E-state index in [4.69, 9.17) is 5.26 Å². The minimum Gasteiger partial charge on any atom is -0.248 e. The van der Waals surface area contributed by atoms with Gasteiger partial charge in [0.1, 0.15) is 0 Å². The van der Waals surface area contributed by atoms with Crippen molar-refractivity contribution in [1.29, 1.82) is 5.26 Å². The van der Waals surface area contributed by atoms with E-state index in [1.54, 1.807) is 48.8 Å². The lowest BCUT2D eigenvalue weighted by Crippen LogP contribution is -2.11. The molecule has 0 aliphatic rings. The summed E-state index contributed by atoms with van der Waals surface area (Å²) in [4.78, 5) is 0.259. The zero-order chi connectivity index (χ0) is 22.0. The van der Waals surface area contributed by atoms with Crippen LogP contribution in [0.3, 0.4) is 0 Å². The molecule has 0 saturated heterocycles. The van der Waals surface area contributed by atoms with Crippen molar-refractivity contribution in [2.24, 2.45) is 0 Å². The molecule has 3 aromatic carbocycles. The number of rotatable bonds is 5. The van der Waals surface area contributed by atoms with Crippen molar-refractivity contribution in [3.05, 3.63) is 125 Å². The molecule has 0 unspecified atom stereocenters. The number of nitriles is 1. The average Bonchev–Trinajstić information content (AvgIpc) is 3.17. The van der Waals surface area contributed by atoms with Crippen molar-refractivity contribution in [1.82, 2.24) is 3.97 Å². The summed E-state index contributed by atoms with van der Waals surface area (Å²) in [7, 11) is -3.69. The summed E-state index contributed by atoms with van der Waals surface area (Å²) in [5.74, 6) is -0.150. The van der Waals surface area contributed by atoms with Gasteiger partial charge in [-0.3, -0.25) is 0 Å². The van der Waals surface area contributed by atoms with Crippen molar-refractivity contribution < 1.29 is 8.42 Å². The molecule has 0 fully saturated rings. The predicted octanol–water partition coefficient (Wildman–Crippen LogP) is 5.39. The van der Waals surface area contributed by atoms with Gasteiger partial charge >= 0.3 is 0 Å². The maximum Gasteiger partial charge on any atom is 0.267 e. The van der Waals surface area contributed by atoms with Gasteiger partial charge in [-0.05, 0) is 60.4 Å². The van der Waals surface area contributed by atoms with E-state index in [-0.39, 0.29) is 10.8 Å². The Labute approximate surface area is 183 Å². The predicted molar refractivity (Wildman–Crippen MR) is 121 cm³/mol. The molecule has 0 aliphatic carbocycles. The second kappa shape index (κ2) is 8.25. The first-order chi connectivity index (χ1) is 14.9. The molecule has 0 saturated carbocycles. The molecule has 154 valence electrons.